The monoisotopic (exact) mass is 265 g/mol. The number of aromatic nitrogens is 1. The molecule has 0 radical (unpaired) electrons. The number of methoxy groups -OCH3 is 1. The minimum atomic E-state index is -0.952. The van der Waals surface area contributed by atoms with Gasteiger partial charge in [0.1, 0.15) is 5.69 Å². The second-order valence-electron chi connectivity index (χ2n) is 5.40. The van der Waals surface area contributed by atoms with E-state index < -0.39 is 17.2 Å². The molecule has 0 fully saturated rings. The van der Waals surface area contributed by atoms with Crippen LogP contribution < -0.4 is 5.46 Å². The first-order chi connectivity index (χ1) is 8.67. The summed E-state index contributed by atoms with van der Waals surface area (Å²) in [6, 6.07) is 3.33. The molecule has 0 amide bonds. The molecule has 5 nitrogen and oxygen atoms in total. The largest absolute Gasteiger partial charge is 0.464 e. The molecule has 0 saturated heterocycles. The maximum Gasteiger partial charge on any atom is 0.356 e. The highest BCUT2D eigenvalue weighted by Gasteiger charge is 2.35. The zero-order chi connectivity index (χ0) is 14.7. The number of pyridine rings is 1. The Morgan fingerprint density at radius 3 is 2.37 bits per heavy atom. The van der Waals surface area contributed by atoms with Crippen LogP contribution in [-0.2, 0) is 9.39 Å². The van der Waals surface area contributed by atoms with Gasteiger partial charge in [0.2, 0.25) is 0 Å². The maximum atomic E-state index is 11.2. The van der Waals surface area contributed by atoms with Crippen LogP contribution in [0, 0.1) is 0 Å². The summed E-state index contributed by atoms with van der Waals surface area (Å²) in [5.41, 5.74) is -0.557. The first-order valence-electron chi connectivity index (χ1n) is 6.07. The molecule has 6 heteroatoms. The predicted molar refractivity (Wildman–Crippen MR) is 73.8 cm³/mol. The Hall–Kier alpha value is -1.40. The van der Waals surface area contributed by atoms with Crippen molar-refractivity contribution in [1.29, 1.82) is 0 Å². The zero-order valence-corrected chi connectivity index (χ0v) is 12.1. The molecule has 0 bridgehead atoms. The third kappa shape index (κ3) is 4.04. The smallest absolute Gasteiger partial charge is 0.356 e. The van der Waals surface area contributed by atoms with Gasteiger partial charge in [0.05, 0.1) is 18.3 Å². The predicted octanol–water partition coefficient (Wildman–Crippen LogP) is 0.411. The summed E-state index contributed by atoms with van der Waals surface area (Å²) in [4.78, 5) is 15.2. The van der Waals surface area contributed by atoms with E-state index in [1.165, 1.54) is 7.11 Å². The molecule has 0 spiro atoms. The molecule has 104 valence electrons. The van der Waals surface area contributed by atoms with Gasteiger partial charge in [-0.05, 0) is 39.2 Å². The average molecular weight is 265 g/mol. The Bertz CT molecular complexity index is 437. The van der Waals surface area contributed by atoms with Crippen molar-refractivity contribution in [2.45, 2.75) is 38.9 Å². The number of hydrogen-bond acceptors (Lipinski definition) is 5. The topological polar surface area (TPSA) is 68.7 Å². The van der Waals surface area contributed by atoms with Crippen LogP contribution in [0.1, 0.15) is 38.2 Å². The lowest BCUT2D eigenvalue weighted by Gasteiger charge is -2.37. The normalized spacial score (nSPS) is 12.1. The highest BCUT2D eigenvalue weighted by Crippen LogP contribution is 2.24. The molecule has 1 rings (SSSR count). The second-order valence-corrected chi connectivity index (χ2v) is 5.40. The lowest BCUT2D eigenvalue weighted by Crippen LogP contribution is -2.49. The first-order valence-corrected chi connectivity index (χ1v) is 6.07. The third-order valence-corrected chi connectivity index (χ3v) is 3.29. The molecule has 0 saturated carbocycles. The Morgan fingerprint density at radius 2 is 1.95 bits per heavy atom. The fourth-order valence-corrected chi connectivity index (χ4v) is 1.18. The molecular formula is C13H20BNO4. The number of nitrogens with zero attached hydrogens (tertiary/aromatic N) is 1. The van der Waals surface area contributed by atoms with Crippen LogP contribution in [0.5, 0.6) is 0 Å². The van der Waals surface area contributed by atoms with Gasteiger partial charge in [0, 0.05) is 6.20 Å². The molecule has 0 atom stereocenters. The SMILES string of the molecule is COC(=O)c1ccc(BOC(C)(C)C(C)(C)O)cn1. The summed E-state index contributed by atoms with van der Waals surface area (Å²) in [7, 11) is 1.62. The summed E-state index contributed by atoms with van der Waals surface area (Å²) in [6.45, 7) is 7.05. The van der Waals surface area contributed by atoms with E-state index in [1.54, 1.807) is 32.2 Å². The van der Waals surface area contributed by atoms with Crippen molar-refractivity contribution in [3.05, 3.63) is 24.0 Å². The fourth-order valence-electron chi connectivity index (χ4n) is 1.18. The highest BCUT2D eigenvalue weighted by atomic mass is 16.5. The average Bonchev–Trinajstić information content (AvgIpc) is 2.35. The van der Waals surface area contributed by atoms with Gasteiger partial charge in [-0.3, -0.25) is 0 Å². The van der Waals surface area contributed by atoms with Crippen LogP contribution in [0.25, 0.3) is 0 Å². The number of esters is 1. The first kappa shape index (κ1) is 15.7. The van der Waals surface area contributed by atoms with E-state index in [9.17, 15) is 9.90 Å². The molecule has 19 heavy (non-hydrogen) atoms. The van der Waals surface area contributed by atoms with E-state index in [0.717, 1.165) is 5.46 Å². The van der Waals surface area contributed by atoms with Gasteiger partial charge in [0.15, 0.2) is 0 Å². The molecule has 1 heterocycles. The van der Waals surface area contributed by atoms with Crippen molar-refractivity contribution in [2.24, 2.45) is 0 Å². The van der Waals surface area contributed by atoms with Gasteiger partial charge in [0.25, 0.3) is 0 Å². The van der Waals surface area contributed by atoms with Crippen molar-refractivity contribution < 1.29 is 19.3 Å². The van der Waals surface area contributed by atoms with Crippen molar-refractivity contribution in [3.8, 4) is 0 Å². The molecule has 0 aromatic carbocycles. The van der Waals surface area contributed by atoms with Crippen molar-refractivity contribution in [2.75, 3.05) is 7.11 Å². The number of ether oxygens (including phenoxy) is 1. The Kier molecular flexibility index (Phi) is 4.71. The van der Waals surface area contributed by atoms with Gasteiger partial charge >= 0.3 is 13.5 Å². The van der Waals surface area contributed by atoms with Crippen LogP contribution >= 0.6 is 0 Å². The van der Waals surface area contributed by atoms with Crippen LogP contribution in [0.15, 0.2) is 18.3 Å². The van der Waals surface area contributed by atoms with Crippen molar-refractivity contribution >= 4 is 18.9 Å². The van der Waals surface area contributed by atoms with E-state index in [0.29, 0.717) is 7.48 Å². The summed E-state index contributed by atoms with van der Waals surface area (Å²) in [5, 5.41) is 9.97. The van der Waals surface area contributed by atoms with E-state index in [1.807, 2.05) is 13.8 Å². The van der Waals surface area contributed by atoms with E-state index >= 15 is 0 Å². The molecule has 0 aliphatic carbocycles. The summed E-state index contributed by atoms with van der Waals surface area (Å²) in [5.74, 6) is -0.468. The maximum absolute atomic E-state index is 11.2. The van der Waals surface area contributed by atoms with Gasteiger partial charge in [-0.25, -0.2) is 9.78 Å². The zero-order valence-electron chi connectivity index (χ0n) is 12.1. The van der Waals surface area contributed by atoms with Gasteiger partial charge in [-0.2, -0.15) is 0 Å². The number of carbonyl (C=O) groups is 1. The summed E-state index contributed by atoms with van der Waals surface area (Å²) in [6.07, 6.45) is 1.56. The van der Waals surface area contributed by atoms with Crippen LogP contribution in [0.2, 0.25) is 0 Å². The lowest BCUT2D eigenvalue weighted by molar-refractivity contribution is -0.0893. The van der Waals surface area contributed by atoms with Crippen LogP contribution in [-0.4, -0.2) is 41.9 Å². The molecule has 0 unspecified atom stereocenters. The Labute approximate surface area is 114 Å². The molecular weight excluding hydrogens is 245 g/mol. The fraction of sp³-hybridized carbons (Fsp3) is 0.538. The van der Waals surface area contributed by atoms with Gasteiger partial charge in [-0.1, -0.05) is 6.07 Å². The minimum absolute atomic E-state index is 0.257. The van der Waals surface area contributed by atoms with Gasteiger partial charge in [-0.15, -0.1) is 0 Å². The molecule has 1 aromatic heterocycles. The summed E-state index contributed by atoms with van der Waals surface area (Å²) < 4.78 is 10.3. The van der Waals surface area contributed by atoms with E-state index in [4.69, 9.17) is 4.65 Å². The molecule has 1 aromatic rings. The standard InChI is InChI=1S/C13H20BNO4/c1-12(2,17)13(3,4)19-14-9-6-7-10(15-8-9)11(16)18-5/h6-8,14,17H,1-5H3. The van der Waals surface area contributed by atoms with Crippen molar-refractivity contribution in [3.63, 3.8) is 0 Å². The number of aliphatic hydroxyl groups is 1. The molecule has 0 aliphatic rings. The van der Waals surface area contributed by atoms with Gasteiger partial charge < -0.3 is 14.5 Å². The highest BCUT2D eigenvalue weighted by molar-refractivity contribution is 6.46. The number of rotatable bonds is 5. The lowest BCUT2D eigenvalue weighted by atomic mass is 9.83. The van der Waals surface area contributed by atoms with Crippen molar-refractivity contribution in [1.82, 2.24) is 4.98 Å². The molecule has 0 aliphatic heterocycles. The minimum Gasteiger partial charge on any atom is -0.464 e. The summed E-state index contributed by atoms with van der Waals surface area (Å²) >= 11 is 0. The van der Waals surface area contributed by atoms with E-state index in [2.05, 4.69) is 9.72 Å². The van der Waals surface area contributed by atoms with Crippen LogP contribution in [0.3, 0.4) is 0 Å². The molecule has 1 N–H and O–H groups in total. The Morgan fingerprint density at radius 1 is 1.32 bits per heavy atom. The van der Waals surface area contributed by atoms with E-state index in [-0.39, 0.29) is 5.69 Å². The quantitative estimate of drug-likeness (QED) is 0.617. The Balaban J connectivity index is 2.67. The second kappa shape index (κ2) is 5.71. The number of hydrogen-bond donors (Lipinski definition) is 1. The number of carbonyl (C=O) groups excluding carboxylic acids is 1. The van der Waals surface area contributed by atoms with Crippen LogP contribution in [0.4, 0.5) is 0 Å². The third-order valence-electron chi connectivity index (χ3n) is 3.29.